The van der Waals surface area contributed by atoms with Gasteiger partial charge in [-0.15, -0.1) is 0 Å². The van der Waals surface area contributed by atoms with Gasteiger partial charge in [0.15, 0.2) is 12.0 Å². The van der Waals surface area contributed by atoms with Crippen LogP contribution in [0.5, 0.6) is 0 Å². The van der Waals surface area contributed by atoms with Gasteiger partial charge in [-0.1, -0.05) is 19.3 Å². The summed E-state index contributed by atoms with van der Waals surface area (Å²) >= 11 is 0. The van der Waals surface area contributed by atoms with E-state index in [1.807, 2.05) is 12.5 Å². The van der Waals surface area contributed by atoms with Gasteiger partial charge in [0, 0.05) is 25.3 Å². The number of nitrogens with zero attached hydrogens (tertiary/aromatic N) is 4. The summed E-state index contributed by atoms with van der Waals surface area (Å²) < 4.78 is 2.13. The topological polar surface area (TPSA) is 74.0 Å². The summed E-state index contributed by atoms with van der Waals surface area (Å²) in [5, 5.41) is 11.7. The molecule has 6 nitrogen and oxygen atoms in total. The molecule has 1 saturated heterocycles. The molecule has 1 saturated carbocycles. The molecule has 0 unspecified atom stereocenters. The Balaban J connectivity index is 1.57. The van der Waals surface area contributed by atoms with Crippen molar-refractivity contribution in [2.24, 2.45) is 5.92 Å². The third-order valence-electron chi connectivity index (χ3n) is 4.55. The van der Waals surface area contributed by atoms with Crippen molar-refractivity contribution < 1.29 is 4.79 Å². The highest BCUT2D eigenvalue weighted by Gasteiger charge is 2.28. The highest BCUT2D eigenvalue weighted by atomic mass is 16.2. The Kier molecular flexibility index (Phi) is 4.09. The van der Waals surface area contributed by atoms with E-state index in [4.69, 9.17) is 5.26 Å². The van der Waals surface area contributed by atoms with Gasteiger partial charge in [-0.05, 0) is 19.3 Å². The standard InChI is InChI=1S/C15H21N5O/c16-10-19-7-6-12(8-19)15(21)18-14-9-20(11-17-14)13-4-2-1-3-5-13/h9,11-13H,1-8H2,(H,18,21)/t12-/m0/s1. The zero-order valence-electron chi connectivity index (χ0n) is 12.2. The highest BCUT2D eigenvalue weighted by molar-refractivity contribution is 5.91. The van der Waals surface area contributed by atoms with Gasteiger partial charge >= 0.3 is 0 Å². The lowest BCUT2D eigenvalue weighted by Crippen LogP contribution is -2.25. The lowest BCUT2D eigenvalue weighted by atomic mass is 9.95. The molecule has 0 aromatic carbocycles. The van der Waals surface area contributed by atoms with Crippen LogP contribution >= 0.6 is 0 Å². The predicted octanol–water partition coefficient (Wildman–Crippen LogP) is 2.13. The number of rotatable bonds is 3. The molecule has 6 heteroatoms. The summed E-state index contributed by atoms with van der Waals surface area (Å²) in [7, 11) is 0. The van der Waals surface area contributed by atoms with Crippen LogP contribution in [0.2, 0.25) is 0 Å². The van der Waals surface area contributed by atoms with Crippen LogP contribution in [-0.4, -0.2) is 33.4 Å². The van der Waals surface area contributed by atoms with E-state index in [0.29, 0.717) is 24.9 Å². The van der Waals surface area contributed by atoms with Gasteiger partial charge in [0.25, 0.3) is 0 Å². The maximum atomic E-state index is 12.2. The van der Waals surface area contributed by atoms with Crippen molar-refractivity contribution in [2.75, 3.05) is 18.4 Å². The maximum Gasteiger partial charge on any atom is 0.230 e. The van der Waals surface area contributed by atoms with E-state index < -0.39 is 0 Å². The SMILES string of the molecule is N#CN1CC[C@H](C(=O)Nc2cn(C3CCCCC3)cn2)C1. The predicted molar refractivity (Wildman–Crippen MR) is 78.3 cm³/mol. The van der Waals surface area contributed by atoms with E-state index in [1.165, 1.54) is 32.1 Å². The van der Waals surface area contributed by atoms with Gasteiger partial charge in [-0.25, -0.2) is 4.98 Å². The first-order valence-electron chi connectivity index (χ1n) is 7.75. The number of aromatic nitrogens is 2. The second kappa shape index (κ2) is 6.17. The molecule has 2 heterocycles. The van der Waals surface area contributed by atoms with Crippen LogP contribution in [0.4, 0.5) is 5.82 Å². The summed E-state index contributed by atoms with van der Waals surface area (Å²) in [6.45, 7) is 1.19. The minimum atomic E-state index is -0.107. The second-order valence-electron chi connectivity index (χ2n) is 6.02. The van der Waals surface area contributed by atoms with Crippen molar-refractivity contribution in [3.8, 4) is 6.19 Å². The summed E-state index contributed by atoms with van der Waals surface area (Å²) in [4.78, 5) is 18.1. The third-order valence-corrected chi connectivity index (χ3v) is 4.55. The van der Waals surface area contributed by atoms with Crippen LogP contribution in [0.15, 0.2) is 12.5 Å². The number of carbonyl (C=O) groups excluding carboxylic acids is 1. The molecule has 3 rings (SSSR count). The van der Waals surface area contributed by atoms with E-state index >= 15 is 0 Å². The first-order chi connectivity index (χ1) is 10.3. The monoisotopic (exact) mass is 287 g/mol. The molecule has 1 N–H and O–H groups in total. The quantitative estimate of drug-likeness (QED) is 0.864. The van der Waals surface area contributed by atoms with Gasteiger partial charge in [-0.3, -0.25) is 4.79 Å². The molecule has 2 aliphatic rings. The van der Waals surface area contributed by atoms with E-state index in [-0.39, 0.29) is 11.8 Å². The lowest BCUT2D eigenvalue weighted by molar-refractivity contribution is -0.119. The van der Waals surface area contributed by atoms with Crippen LogP contribution < -0.4 is 5.32 Å². The Morgan fingerprint density at radius 1 is 1.33 bits per heavy atom. The van der Waals surface area contributed by atoms with Crippen molar-refractivity contribution >= 4 is 11.7 Å². The summed E-state index contributed by atoms with van der Waals surface area (Å²) in [6, 6.07) is 0.525. The van der Waals surface area contributed by atoms with Crippen molar-refractivity contribution in [1.82, 2.24) is 14.5 Å². The first-order valence-corrected chi connectivity index (χ1v) is 7.75. The molecule has 0 bridgehead atoms. The number of anilines is 1. The number of imidazole rings is 1. The Hall–Kier alpha value is -2.03. The molecule has 21 heavy (non-hydrogen) atoms. The number of carbonyl (C=O) groups is 1. The van der Waals surface area contributed by atoms with Gasteiger partial charge in [0.05, 0.1) is 12.2 Å². The molecule has 0 radical (unpaired) electrons. The largest absolute Gasteiger partial charge is 0.332 e. The Labute approximate surface area is 124 Å². The Morgan fingerprint density at radius 2 is 2.14 bits per heavy atom. The van der Waals surface area contributed by atoms with Crippen molar-refractivity contribution in [3.63, 3.8) is 0 Å². The smallest absolute Gasteiger partial charge is 0.230 e. The van der Waals surface area contributed by atoms with Crippen molar-refractivity contribution in [3.05, 3.63) is 12.5 Å². The number of amides is 1. The second-order valence-corrected chi connectivity index (χ2v) is 6.02. The van der Waals surface area contributed by atoms with E-state index in [2.05, 4.69) is 21.1 Å². The Morgan fingerprint density at radius 3 is 2.86 bits per heavy atom. The van der Waals surface area contributed by atoms with E-state index in [1.54, 1.807) is 4.90 Å². The summed E-state index contributed by atoms with van der Waals surface area (Å²) in [5.41, 5.74) is 0. The van der Waals surface area contributed by atoms with Crippen molar-refractivity contribution in [1.29, 1.82) is 5.26 Å². The van der Waals surface area contributed by atoms with Crippen molar-refractivity contribution in [2.45, 2.75) is 44.6 Å². The molecule has 1 atom stereocenters. The van der Waals surface area contributed by atoms with Crippen LogP contribution in [0.25, 0.3) is 0 Å². The molecular weight excluding hydrogens is 266 g/mol. The molecule has 1 aromatic rings. The third kappa shape index (κ3) is 3.18. The van der Waals surface area contributed by atoms with E-state index in [0.717, 1.165) is 6.42 Å². The summed E-state index contributed by atoms with van der Waals surface area (Å²) in [6.07, 6.45) is 12.9. The number of nitriles is 1. The van der Waals surface area contributed by atoms with Gasteiger partial charge in [0.2, 0.25) is 5.91 Å². The van der Waals surface area contributed by atoms with Gasteiger partial charge in [0.1, 0.15) is 0 Å². The number of hydrogen-bond acceptors (Lipinski definition) is 4. The zero-order valence-corrected chi connectivity index (χ0v) is 12.2. The van der Waals surface area contributed by atoms with Crippen LogP contribution in [0.1, 0.15) is 44.6 Å². The Bertz CT molecular complexity index is 541. The molecule has 0 spiro atoms. The lowest BCUT2D eigenvalue weighted by Gasteiger charge is -2.22. The van der Waals surface area contributed by atoms with Gasteiger partial charge in [-0.2, -0.15) is 5.26 Å². The van der Waals surface area contributed by atoms with E-state index in [9.17, 15) is 4.79 Å². The first kappa shape index (κ1) is 13.9. The fraction of sp³-hybridized carbons (Fsp3) is 0.667. The average molecular weight is 287 g/mol. The van der Waals surface area contributed by atoms with Gasteiger partial charge < -0.3 is 14.8 Å². The highest BCUT2D eigenvalue weighted by Crippen LogP contribution is 2.28. The fourth-order valence-electron chi connectivity index (χ4n) is 3.27. The van der Waals surface area contributed by atoms with Crippen LogP contribution in [0.3, 0.4) is 0 Å². The zero-order chi connectivity index (χ0) is 14.7. The molecule has 112 valence electrons. The molecular formula is C15H21N5O. The molecule has 1 amide bonds. The maximum absolute atomic E-state index is 12.2. The molecule has 1 aliphatic carbocycles. The number of hydrogen-bond donors (Lipinski definition) is 1. The normalized spacial score (nSPS) is 23.0. The molecule has 1 aromatic heterocycles. The molecule has 2 fully saturated rings. The molecule has 1 aliphatic heterocycles. The minimum absolute atomic E-state index is 0.0263. The average Bonchev–Trinajstić information content (AvgIpc) is 3.17. The van der Waals surface area contributed by atoms with Crippen LogP contribution in [-0.2, 0) is 4.79 Å². The van der Waals surface area contributed by atoms with Crippen LogP contribution in [0, 0.1) is 17.4 Å². The minimum Gasteiger partial charge on any atom is -0.332 e. The number of likely N-dealkylation sites (tertiary alicyclic amines) is 1. The summed E-state index contributed by atoms with van der Waals surface area (Å²) in [5.74, 6) is 0.493. The fourth-order valence-corrected chi connectivity index (χ4v) is 3.27. The number of nitrogens with one attached hydrogen (secondary N) is 1.